The molecule has 0 saturated carbocycles. The number of hydrogen-bond donors (Lipinski definition) is 0. The summed E-state index contributed by atoms with van der Waals surface area (Å²) >= 11 is 0. The van der Waals surface area contributed by atoms with Gasteiger partial charge in [-0.1, -0.05) is 5.16 Å². The summed E-state index contributed by atoms with van der Waals surface area (Å²) in [6, 6.07) is 3.10. The predicted molar refractivity (Wildman–Crippen MR) is 75.7 cm³/mol. The number of benzene rings is 1. The number of carbonyl (C=O) groups is 1. The number of halogens is 2. The smallest absolute Gasteiger partial charge is 0.382 e. The molecule has 0 aliphatic heterocycles. The summed E-state index contributed by atoms with van der Waals surface area (Å²) in [5.41, 5.74) is 1.50. The minimum Gasteiger partial charge on any atom is -0.461 e. The topological polar surface area (TPSA) is 47.9 Å². The molecule has 1 aromatic carbocycles. The van der Waals surface area contributed by atoms with Crippen molar-refractivity contribution in [2.24, 2.45) is 5.16 Å². The van der Waals surface area contributed by atoms with Crippen LogP contribution in [0.5, 0.6) is 0 Å². The van der Waals surface area contributed by atoms with E-state index in [4.69, 9.17) is 0 Å². The molecule has 1 aromatic rings. The van der Waals surface area contributed by atoms with Gasteiger partial charge in [0.15, 0.2) is 0 Å². The highest BCUT2D eigenvalue weighted by Crippen LogP contribution is 2.35. The summed E-state index contributed by atoms with van der Waals surface area (Å²) in [6.07, 6.45) is 0. The molecule has 1 rings (SSSR count). The summed E-state index contributed by atoms with van der Waals surface area (Å²) in [7, 11) is 1.41. The van der Waals surface area contributed by atoms with Gasteiger partial charge in [0.25, 0.3) is 0 Å². The van der Waals surface area contributed by atoms with Crippen molar-refractivity contribution in [3.8, 4) is 0 Å². The molecule has 4 nitrogen and oxygen atoms in total. The summed E-state index contributed by atoms with van der Waals surface area (Å²) < 4.78 is 32.9. The summed E-state index contributed by atoms with van der Waals surface area (Å²) in [5, 5.41) is 3.77. The Labute approximate surface area is 122 Å². The Morgan fingerprint density at radius 2 is 1.81 bits per heavy atom. The number of aryl methyl sites for hydroxylation is 2. The van der Waals surface area contributed by atoms with Gasteiger partial charge in [-0.3, -0.25) is 0 Å². The maximum atomic E-state index is 14.2. The van der Waals surface area contributed by atoms with Crippen molar-refractivity contribution in [2.45, 2.75) is 33.6 Å². The number of esters is 1. The Morgan fingerprint density at radius 1 is 1.29 bits per heavy atom. The van der Waals surface area contributed by atoms with Crippen LogP contribution in [0.3, 0.4) is 0 Å². The highest BCUT2D eigenvalue weighted by atomic mass is 19.3. The van der Waals surface area contributed by atoms with Crippen molar-refractivity contribution in [3.05, 3.63) is 34.4 Å². The van der Waals surface area contributed by atoms with Gasteiger partial charge < -0.3 is 9.57 Å². The third-order valence-electron chi connectivity index (χ3n) is 3.02. The van der Waals surface area contributed by atoms with E-state index in [1.54, 1.807) is 19.1 Å². The molecule has 0 heterocycles. The Balaban J connectivity index is 3.34. The maximum absolute atomic E-state index is 14.2. The minimum absolute atomic E-state index is 0.0930. The second-order valence-corrected chi connectivity index (χ2v) is 4.64. The molecule has 0 aliphatic rings. The molecule has 0 amide bonds. The molecular weight excluding hydrogens is 280 g/mol. The fraction of sp³-hybridized carbons (Fsp3) is 0.467. The van der Waals surface area contributed by atoms with Crippen LogP contribution in [0.15, 0.2) is 17.3 Å². The van der Waals surface area contributed by atoms with Gasteiger partial charge in [0.1, 0.15) is 7.11 Å². The molecule has 0 N–H and O–H groups in total. The molecule has 21 heavy (non-hydrogen) atoms. The van der Waals surface area contributed by atoms with E-state index in [1.807, 2.05) is 0 Å². The van der Waals surface area contributed by atoms with Crippen molar-refractivity contribution in [1.29, 1.82) is 0 Å². The lowest BCUT2D eigenvalue weighted by Crippen LogP contribution is -2.30. The molecule has 0 spiro atoms. The second kappa shape index (κ2) is 6.65. The summed E-state index contributed by atoms with van der Waals surface area (Å²) in [4.78, 5) is 16.1. The first kappa shape index (κ1) is 17.1. The fourth-order valence-corrected chi connectivity index (χ4v) is 2.18. The van der Waals surface area contributed by atoms with E-state index in [2.05, 4.69) is 14.7 Å². The van der Waals surface area contributed by atoms with Crippen LogP contribution in [0.1, 0.15) is 36.1 Å². The van der Waals surface area contributed by atoms with Gasteiger partial charge in [0, 0.05) is 5.56 Å². The van der Waals surface area contributed by atoms with Gasteiger partial charge in [-0.15, -0.1) is 0 Å². The van der Waals surface area contributed by atoms with Gasteiger partial charge >= 0.3 is 11.9 Å². The highest BCUT2D eigenvalue weighted by Gasteiger charge is 2.45. The van der Waals surface area contributed by atoms with Gasteiger partial charge in [-0.2, -0.15) is 8.78 Å². The zero-order chi connectivity index (χ0) is 16.2. The van der Waals surface area contributed by atoms with Crippen LogP contribution in [0.25, 0.3) is 0 Å². The van der Waals surface area contributed by atoms with Crippen molar-refractivity contribution in [3.63, 3.8) is 0 Å². The van der Waals surface area contributed by atoms with Crippen molar-refractivity contribution in [2.75, 3.05) is 13.7 Å². The number of rotatable bonds is 5. The fourth-order valence-electron chi connectivity index (χ4n) is 2.18. The van der Waals surface area contributed by atoms with Crippen LogP contribution >= 0.6 is 0 Å². The van der Waals surface area contributed by atoms with E-state index in [-0.39, 0.29) is 12.2 Å². The molecule has 0 saturated heterocycles. The lowest BCUT2D eigenvalue weighted by molar-refractivity contribution is -0.173. The SMILES string of the molecule is CCOC(=O)C(F)(F)c1c(C)cc(/C(C)=N/OC)cc1C. The van der Waals surface area contributed by atoms with Gasteiger partial charge in [-0.25, -0.2) is 4.79 Å². The third kappa shape index (κ3) is 3.56. The van der Waals surface area contributed by atoms with E-state index in [9.17, 15) is 13.6 Å². The lowest BCUT2D eigenvalue weighted by Gasteiger charge is -2.20. The number of ether oxygens (including phenoxy) is 1. The molecule has 0 atom stereocenters. The molecule has 6 heteroatoms. The lowest BCUT2D eigenvalue weighted by atomic mass is 9.93. The van der Waals surface area contributed by atoms with Crippen molar-refractivity contribution < 1.29 is 23.1 Å². The number of oxime groups is 1. The quantitative estimate of drug-likeness (QED) is 0.476. The molecular formula is C15H19F2NO3. The Hall–Kier alpha value is -1.98. The average Bonchev–Trinajstić information content (AvgIpc) is 2.38. The number of nitrogens with zero attached hydrogens (tertiary/aromatic N) is 1. The van der Waals surface area contributed by atoms with E-state index in [0.29, 0.717) is 22.4 Å². The van der Waals surface area contributed by atoms with Crippen molar-refractivity contribution in [1.82, 2.24) is 0 Å². The van der Waals surface area contributed by atoms with Gasteiger partial charge in [-0.05, 0) is 56.5 Å². The van der Waals surface area contributed by atoms with Gasteiger partial charge in [0.2, 0.25) is 0 Å². The molecule has 0 radical (unpaired) electrons. The van der Waals surface area contributed by atoms with Crippen LogP contribution in [0.4, 0.5) is 8.78 Å². The molecule has 0 aliphatic carbocycles. The standard InChI is InChI=1S/C15H19F2NO3/c1-6-21-14(19)15(16,17)13-9(2)7-12(8-10(13)3)11(4)18-20-5/h7-8H,6H2,1-5H3/b18-11+. The Kier molecular flexibility index (Phi) is 5.41. The van der Waals surface area contributed by atoms with Crippen LogP contribution < -0.4 is 0 Å². The van der Waals surface area contributed by atoms with Crippen LogP contribution in [-0.2, 0) is 20.3 Å². The molecule has 0 fully saturated rings. The van der Waals surface area contributed by atoms with E-state index < -0.39 is 11.9 Å². The van der Waals surface area contributed by atoms with E-state index >= 15 is 0 Å². The van der Waals surface area contributed by atoms with Gasteiger partial charge in [0.05, 0.1) is 12.3 Å². The Morgan fingerprint density at radius 3 is 2.24 bits per heavy atom. The first-order chi connectivity index (χ1) is 9.75. The highest BCUT2D eigenvalue weighted by molar-refractivity contribution is 5.99. The minimum atomic E-state index is -3.67. The van der Waals surface area contributed by atoms with Crippen LogP contribution in [0, 0.1) is 13.8 Å². The normalized spacial score (nSPS) is 12.2. The number of hydrogen-bond acceptors (Lipinski definition) is 4. The van der Waals surface area contributed by atoms with Crippen LogP contribution in [-0.4, -0.2) is 25.4 Å². The first-order valence-electron chi connectivity index (χ1n) is 6.50. The zero-order valence-electron chi connectivity index (χ0n) is 12.8. The summed E-state index contributed by atoms with van der Waals surface area (Å²) in [5.74, 6) is -5.21. The third-order valence-corrected chi connectivity index (χ3v) is 3.02. The second-order valence-electron chi connectivity index (χ2n) is 4.64. The molecule has 0 aromatic heterocycles. The number of carbonyl (C=O) groups excluding carboxylic acids is 1. The monoisotopic (exact) mass is 299 g/mol. The Bertz CT molecular complexity index is 545. The largest absolute Gasteiger partial charge is 0.461 e. The average molecular weight is 299 g/mol. The summed E-state index contributed by atoms with van der Waals surface area (Å²) in [6.45, 7) is 6.16. The molecule has 0 unspecified atom stereocenters. The van der Waals surface area contributed by atoms with Crippen molar-refractivity contribution >= 4 is 11.7 Å². The molecule has 116 valence electrons. The zero-order valence-corrected chi connectivity index (χ0v) is 12.8. The molecule has 0 bridgehead atoms. The predicted octanol–water partition coefficient (Wildman–Crippen LogP) is 3.33. The maximum Gasteiger partial charge on any atom is 0.382 e. The van der Waals surface area contributed by atoms with E-state index in [1.165, 1.54) is 27.9 Å². The number of alkyl halides is 2. The van der Waals surface area contributed by atoms with Crippen LogP contribution in [0.2, 0.25) is 0 Å². The first-order valence-corrected chi connectivity index (χ1v) is 6.50. The van der Waals surface area contributed by atoms with E-state index in [0.717, 1.165) is 0 Å².